The maximum absolute atomic E-state index is 12.4. The number of hydrogen-bond acceptors (Lipinski definition) is 8. The quantitative estimate of drug-likeness (QED) is 0.310. The molecule has 4 rings (SSSR count). The third-order valence-electron chi connectivity index (χ3n) is 4.16. The van der Waals surface area contributed by atoms with Gasteiger partial charge in [-0.1, -0.05) is 11.8 Å². The van der Waals surface area contributed by atoms with Crippen molar-refractivity contribution >= 4 is 50.2 Å². The molecule has 0 spiro atoms. The zero-order valence-corrected chi connectivity index (χ0v) is 16.5. The summed E-state index contributed by atoms with van der Waals surface area (Å²) in [6, 6.07) is 6.39. The van der Waals surface area contributed by atoms with E-state index in [1.54, 1.807) is 19.2 Å². The molecule has 0 fully saturated rings. The lowest BCUT2D eigenvalue weighted by Gasteiger charge is -2.07. The number of carbonyl (C=O) groups excluding carboxylic acids is 1. The lowest BCUT2D eigenvalue weighted by atomic mass is 10.1. The number of H-pyrrole nitrogens is 1. The van der Waals surface area contributed by atoms with Crippen LogP contribution in [0.15, 0.2) is 44.4 Å². The molecule has 10 heteroatoms. The highest BCUT2D eigenvalue weighted by atomic mass is 32.2. The lowest BCUT2D eigenvalue weighted by molar-refractivity contribution is 0.0601. The molecule has 1 N–H and O–H groups in total. The van der Waals surface area contributed by atoms with Crippen LogP contribution >= 0.6 is 23.1 Å². The van der Waals surface area contributed by atoms with Crippen molar-refractivity contribution < 1.29 is 9.53 Å². The van der Waals surface area contributed by atoms with Crippen molar-refractivity contribution in [3.63, 3.8) is 0 Å². The Hall–Kier alpha value is -2.98. The number of nitrogens with one attached hydrogen (secondary N) is 1. The summed E-state index contributed by atoms with van der Waals surface area (Å²) < 4.78 is 6.80. The number of carbonyl (C=O) groups is 1. The van der Waals surface area contributed by atoms with E-state index in [0.717, 1.165) is 0 Å². The third kappa shape index (κ3) is 3.20. The van der Waals surface area contributed by atoms with Gasteiger partial charge < -0.3 is 9.72 Å². The van der Waals surface area contributed by atoms with E-state index in [1.165, 1.54) is 46.9 Å². The number of ether oxygens (including phenoxy) is 1. The number of benzene rings is 1. The van der Waals surface area contributed by atoms with Crippen LogP contribution in [0.5, 0.6) is 0 Å². The molecule has 142 valence electrons. The summed E-state index contributed by atoms with van der Waals surface area (Å²) in [6.07, 6.45) is 0. The second-order valence-corrected chi connectivity index (χ2v) is 7.78. The number of hydrogen-bond donors (Lipinski definition) is 1. The molecule has 0 radical (unpaired) electrons. The highest BCUT2D eigenvalue weighted by Gasteiger charge is 2.13. The summed E-state index contributed by atoms with van der Waals surface area (Å²) in [5.41, 5.74) is 0.965. The Labute approximate surface area is 166 Å². The zero-order valence-electron chi connectivity index (χ0n) is 14.9. The fraction of sp³-hybridized carbons (Fsp3) is 0.167. The Kier molecular flexibility index (Phi) is 4.73. The number of nitrogens with zero attached hydrogens (tertiary/aromatic N) is 3. The molecule has 4 aromatic rings. The van der Waals surface area contributed by atoms with Gasteiger partial charge in [0, 0.05) is 7.05 Å². The third-order valence-corrected chi connectivity index (χ3v) is 6.09. The predicted molar refractivity (Wildman–Crippen MR) is 108 cm³/mol. The number of methoxy groups -OCH3 is 1. The monoisotopic (exact) mass is 414 g/mol. The summed E-state index contributed by atoms with van der Waals surface area (Å²) in [7, 11) is 2.96. The zero-order chi connectivity index (χ0) is 19.8. The van der Waals surface area contributed by atoms with Gasteiger partial charge >= 0.3 is 5.97 Å². The van der Waals surface area contributed by atoms with Crippen molar-refractivity contribution in [2.75, 3.05) is 7.11 Å². The van der Waals surface area contributed by atoms with Crippen molar-refractivity contribution in [2.24, 2.45) is 7.05 Å². The molecule has 28 heavy (non-hydrogen) atoms. The molecule has 1 aromatic carbocycles. The van der Waals surface area contributed by atoms with Crippen LogP contribution in [0.3, 0.4) is 0 Å². The topological polar surface area (TPSA) is 107 Å². The number of rotatable bonds is 4. The van der Waals surface area contributed by atoms with Gasteiger partial charge in [-0.25, -0.2) is 14.8 Å². The molecule has 0 aliphatic carbocycles. The number of fused-ring (bicyclic) bond motifs is 2. The van der Waals surface area contributed by atoms with Crippen LogP contribution in [0.4, 0.5) is 0 Å². The summed E-state index contributed by atoms with van der Waals surface area (Å²) in [4.78, 5) is 48.1. The number of aromatic nitrogens is 4. The smallest absolute Gasteiger partial charge is 0.337 e. The fourth-order valence-electron chi connectivity index (χ4n) is 2.73. The summed E-state index contributed by atoms with van der Waals surface area (Å²) in [5, 5.41) is 2.74. The summed E-state index contributed by atoms with van der Waals surface area (Å²) >= 11 is 2.65. The highest BCUT2D eigenvalue weighted by molar-refractivity contribution is 7.98. The van der Waals surface area contributed by atoms with Gasteiger partial charge in [-0.15, -0.1) is 11.3 Å². The summed E-state index contributed by atoms with van der Waals surface area (Å²) in [6.45, 7) is 0. The van der Waals surface area contributed by atoms with Gasteiger partial charge in [0.05, 0.1) is 34.8 Å². The van der Waals surface area contributed by atoms with Gasteiger partial charge in [0.2, 0.25) is 0 Å². The first-order valence-electron chi connectivity index (χ1n) is 8.16. The van der Waals surface area contributed by atoms with Crippen molar-refractivity contribution in [3.05, 3.63) is 61.7 Å². The van der Waals surface area contributed by atoms with Gasteiger partial charge in [0.15, 0.2) is 5.16 Å². The molecule has 0 unspecified atom stereocenters. The standard InChI is InChI=1S/C18H14N4O4S2/c1-22-16(24)14-11(5-6-27-14)20-18(22)28-8-13-19-12-7-9(17(25)26-2)3-4-10(12)15(23)21-13/h3-7H,8H2,1-2H3,(H,19,21,23). The molecule has 0 bridgehead atoms. The molecule has 0 saturated heterocycles. The normalized spacial score (nSPS) is 11.2. The van der Waals surface area contributed by atoms with E-state index in [1.807, 2.05) is 5.38 Å². The summed E-state index contributed by atoms with van der Waals surface area (Å²) in [5.74, 6) is 0.233. The Bertz CT molecular complexity index is 1340. The maximum Gasteiger partial charge on any atom is 0.337 e. The van der Waals surface area contributed by atoms with Crippen LogP contribution in [0.1, 0.15) is 16.2 Å². The molecule has 0 atom stereocenters. The highest BCUT2D eigenvalue weighted by Crippen LogP contribution is 2.22. The number of esters is 1. The Balaban J connectivity index is 1.68. The molecular weight excluding hydrogens is 400 g/mol. The van der Waals surface area contributed by atoms with Gasteiger partial charge in [0.1, 0.15) is 10.5 Å². The average Bonchev–Trinajstić information content (AvgIpc) is 3.17. The first-order chi connectivity index (χ1) is 13.5. The maximum atomic E-state index is 12.4. The molecular formula is C18H14N4O4S2. The van der Waals surface area contributed by atoms with E-state index >= 15 is 0 Å². The van der Waals surface area contributed by atoms with Crippen LogP contribution in [0, 0.1) is 0 Å². The predicted octanol–water partition coefficient (Wildman–Crippen LogP) is 2.31. The SMILES string of the molecule is COC(=O)c1ccc2c(=O)[nH]c(CSc3nc4ccsc4c(=O)n3C)nc2c1. The van der Waals surface area contributed by atoms with Crippen LogP contribution < -0.4 is 11.1 Å². The minimum atomic E-state index is -0.497. The van der Waals surface area contributed by atoms with Gasteiger partial charge in [-0.05, 0) is 29.6 Å². The number of thiophene rings is 1. The minimum absolute atomic E-state index is 0.106. The van der Waals surface area contributed by atoms with E-state index < -0.39 is 5.97 Å². The van der Waals surface area contributed by atoms with E-state index in [9.17, 15) is 14.4 Å². The van der Waals surface area contributed by atoms with Gasteiger partial charge in [0.25, 0.3) is 11.1 Å². The second-order valence-electron chi connectivity index (χ2n) is 5.92. The molecule has 0 aliphatic rings. The Morgan fingerprint density at radius 1 is 1.25 bits per heavy atom. The van der Waals surface area contributed by atoms with Crippen molar-refractivity contribution in [3.8, 4) is 0 Å². The van der Waals surface area contributed by atoms with Crippen molar-refractivity contribution in [1.82, 2.24) is 19.5 Å². The Morgan fingerprint density at radius 3 is 2.86 bits per heavy atom. The van der Waals surface area contributed by atoms with Gasteiger partial charge in [-0.3, -0.25) is 14.2 Å². The van der Waals surface area contributed by atoms with E-state index in [0.29, 0.717) is 43.4 Å². The van der Waals surface area contributed by atoms with Crippen LogP contribution in [0.2, 0.25) is 0 Å². The Morgan fingerprint density at radius 2 is 2.07 bits per heavy atom. The molecule has 3 heterocycles. The average molecular weight is 414 g/mol. The molecule has 0 aliphatic heterocycles. The molecule has 0 saturated carbocycles. The largest absolute Gasteiger partial charge is 0.465 e. The van der Waals surface area contributed by atoms with Crippen LogP contribution in [-0.4, -0.2) is 32.6 Å². The first kappa shape index (κ1) is 18.4. The van der Waals surface area contributed by atoms with Crippen molar-refractivity contribution in [1.29, 1.82) is 0 Å². The fourth-order valence-corrected chi connectivity index (χ4v) is 4.38. The molecule has 8 nitrogen and oxygen atoms in total. The lowest BCUT2D eigenvalue weighted by Crippen LogP contribution is -2.19. The number of aromatic amines is 1. The van der Waals surface area contributed by atoms with E-state index in [-0.39, 0.29) is 11.1 Å². The van der Waals surface area contributed by atoms with Crippen molar-refractivity contribution in [2.45, 2.75) is 10.9 Å². The van der Waals surface area contributed by atoms with Crippen LogP contribution in [0.25, 0.3) is 21.1 Å². The number of thioether (sulfide) groups is 1. The molecule has 0 amide bonds. The van der Waals surface area contributed by atoms with E-state index in [2.05, 4.69) is 15.0 Å². The van der Waals surface area contributed by atoms with E-state index in [4.69, 9.17) is 4.74 Å². The first-order valence-corrected chi connectivity index (χ1v) is 10.0. The van der Waals surface area contributed by atoms with Gasteiger partial charge in [-0.2, -0.15) is 0 Å². The molecule has 3 aromatic heterocycles. The second kappa shape index (κ2) is 7.21. The minimum Gasteiger partial charge on any atom is -0.465 e. The van der Waals surface area contributed by atoms with Crippen LogP contribution in [-0.2, 0) is 17.5 Å².